The average molecular weight is 331 g/mol. The number of carboxylic acid groups (broad SMARTS) is 1. The van der Waals surface area contributed by atoms with Crippen molar-refractivity contribution >= 4 is 12.1 Å². The van der Waals surface area contributed by atoms with Crippen LogP contribution in [0.25, 0.3) is 0 Å². The predicted octanol–water partition coefficient (Wildman–Crippen LogP) is 3.58. The van der Waals surface area contributed by atoms with E-state index in [0.29, 0.717) is 12.3 Å². The molecule has 0 heterocycles. The fourth-order valence-electron chi connectivity index (χ4n) is 4.81. The summed E-state index contributed by atoms with van der Waals surface area (Å²) < 4.78 is 5.27. The van der Waals surface area contributed by atoms with Gasteiger partial charge in [0.2, 0.25) is 0 Å². The highest BCUT2D eigenvalue weighted by Gasteiger charge is 2.72. The van der Waals surface area contributed by atoms with Crippen molar-refractivity contribution < 1.29 is 19.4 Å². The second-order valence-corrected chi connectivity index (χ2v) is 7.89. The van der Waals surface area contributed by atoms with E-state index in [9.17, 15) is 14.7 Å². The van der Waals surface area contributed by atoms with Crippen LogP contribution in [0.1, 0.15) is 45.6 Å². The van der Waals surface area contributed by atoms with Crippen LogP contribution in [-0.4, -0.2) is 22.7 Å². The van der Waals surface area contributed by atoms with Crippen LogP contribution in [0, 0.1) is 16.7 Å². The standard InChI is InChI=1S/C19H25NO4/c1-17(2)14-9-10-18(17,3)19(11-14,15(21)22)20-16(23)24-12-13-7-5-4-6-8-13/h4-8,14H,9-12H2,1-3H3,(H,20,23)(H,21,22)/t14-,18-,19+/m1/s1. The van der Waals surface area contributed by atoms with Crippen molar-refractivity contribution in [1.29, 1.82) is 0 Å². The fraction of sp³-hybridized carbons (Fsp3) is 0.579. The number of hydrogen-bond donors (Lipinski definition) is 2. The van der Waals surface area contributed by atoms with Crippen LogP contribution in [0.5, 0.6) is 0 Å². The first kappa shape index (κ1) is 16.8. The third kappa shape index (κ3) is 2.21. The summed E-state index contributed by atoms with van der Waals surface area (Å²) in [7, 11) is 0. The number of carbonyl (C=O) groups is 2. The molecule has 3 rings (SSSR count). The number of benzene rings is 1. The smallest absolute Gasteiger partial charge is 0.408 e. The molecule has 0 unspecified atom stereocenters. The van der Waals surface area contributed by atoms with Gasteiger partial charge in [0.25, 0.3) is 0 Å². The summed E-state index contributed by atoms with van der Waals surface area (Å²) in [6.07, 6.45) is 1.62. The second kappa shape index (κ2) is 5.50. The molecule has 2 aliphatic rings. The molecule has 1 amide bonds. The lowest BCUT2D eigenvalue weighted by Gasteiger charge is -2.45. The van der Waals surface area contributed by atoms with Crippen LogP contribution in [-0.2, 0) is 16.1 Å². The number of aliphatic carboxylic acids is 1. The van der Waals surface area contributed by atoms with Crippen molar-refractivity contribution in [1.82, 2.24) is 5.32 Å². The molecular weight excluding hydrogens is 306 g/mol. The van der Waals surface area contributed by atoms with Gasteiger partial charge >= 0.3 is 12.1 Å². The average Bonchev–Trinajstić information content (AvgIpc) is 2.86. The number of fused-ring (bicyclic) bond motifs is 2. The second-order valence-electron chi connectivity index (χ2n) is 7.89. The van der Waals surface area contributed by atoms with Crippen LogP contribution in [0.15, 0.2) is 30.3 Å². The van der Waals surface area contributed by atoms with E-state index >= 15 is 0 Å². The highest BCUT2D eigenvalue weighted by Crippen LogP contribution is 2.69. The lowest BCUT2D eigenvalue weighted by Crippen LogP contribution is -2.63. The molecule has 3 atom stereocenters. The van der Waals surface area contributed by atoms with Gasteiger partial charge in [-0.05, 0) is 36.2 Å². The summed E-state index contributed by atoms with van der Waals surface area (Å²) in [5.41, 5.74) is -0.996. The normalized spacial score (nSPS) is 33.2. The maximum atomic E-state index is 12.3. The fourth-order valence-corrected chi connectivity index (χ4v) is 4.81. The van der Waals surface area contributed by atoms with Gasteiger partial charge in [0.05, 0.1) is 0 Å². The summed E-state index contributed by atoms with van der Waals surface area (Å²) in [5, 5.41) is 12.7. The van der Waals surface area contributed by atoms with E-state index < -0.39 is 23.0 Å². The molecule has 0 aromatic heterocycles. The zero-order chi connectivity index (χ0) is 17.6. The number of alkyl carbamates (subject to hydrolysis) is 1. The third-order valence-electron chi connectivity index (χ3n) is 6.82. The molecule has 2 aliphatic carbocycles. The Bertz CT molecular complexity index is 657. The molecule has 2 fully saturated rings. The first-order valence-corrected chi connectivity index (χ1v) is 8.45. The summed E-state index contributed by atoms with van der Waals surface area (Å²) in [5.74, 6) is -0.662. The molecule has 2 N–H and O–H groups in total. The molecule has 0 radical (unpaired) electrons. The number of carboxylic acids is 1. The van der Waals surface area contributed by atoms with Crippen molar-refractivity contribution in [2.75, 3.05) is 0 Å². The first-order valence-electron chi connectivity index (χ1n) is 8.45. The monoisotopic (exact) mass is 331 g/mol. The van der Waals surface area contributed by atoms with E-state index in [4.69, 9.17) is 4.74 Å². The van der Waals surface area contributed by atoms with Crippen molar-refractivity contribution in [3.8, 4) is 0 Å². The lowest BCUT2D eigenvalue weighted by molar-refractivity contribution is -0.152. The Hall–Kier alpha value is -2.04. The lowest BCUT2D eigenvalue weighted by atomic mass is 9.63. The topological polar surface area (TPSA) is 75.6 Å². The zero-order valence-corrected chi connectivity index (χ0v) is 14.5. The summed E-state index contributed by atoms with van der Waals surface area (Å²) in [4.78, 5) is 24.5. The highest BCUT2D eigenvalue weighted by molar-refractivity contribution is 5.86. The Morgan fingerprint density at radius 1 is 1.25 bits per heavy atom. The number of carbonyl (C=O) groups excluding carboxylic acids is 1. The SMILES string of the molecule is CC1(C)[C@@H]2CC[C@@]1(C)[C@@](NC(=O)OCc1ccccc1)(C(=O)O)C2. The van der Waals surface area contributed by atoms with E-state index in [1.165, 1.54) is 0 Å². The number of nitrogens with one attached hydrogen (secondary N) is 1. The van der Waals surface area contributed by atoms with E-state index in [1.807, 2.05) is 37.3 Å². The van der Waals surface area contributed by atoms with Gasteiger partial charge in [0.15, 0.2) is 0 Å². The van der Waals surface area contributed by atoms with E-state index in [2.05, 4.69) is 19.2 Å². The Kier molecular flexibility index (Phi) is 3.85. The number of rotatable bonds is 4. The summed E-state index contributed by atoms with van der Waals surface area (Å²) in [6.45, 7) is 6.36. The van der Waals surface area contributed by atoms with Gasteiger partial charge in [-0.2, -0.15) is 0 Å². The summed E-state index contributed by atoms with van der Waals surface area (Å²) >= 11 is 0. The molecule has 24 heavy (non-hydrogen) atoms. The van der Waals surface area contributed by atoms with Gasteiger partial charge in [-0.3, -0.25) is 0 Å². The maximum absolute atomic E-state index is 12.3. The molecule has 2 saturated carbocycles. The minimum atomic E-state index is -1.26. The van der Waals surface area contributed by atoms with Gasteiger partial charge in [-0.15, -0.1) is 0 Å². The van der Waals surface area contributed by atoms with Gasteiger partial charge in [0.1, 0.15) is 12.1 Å². The molecule has 0 spiro atoms. The molecule has 2 bridgehead atoms. The molecule has 5 heteroatoms. The molecule has 0 aliphatic heterocycles. The Balaban J connectivity index is 1.76. The van der Waals surface area contributed by atoms with Crippen LogP contribution >= 0.6 is 0 Å². The van der Waals surface area contributed by atoms with Gasteiger partial charge in [-0.1, -0.05) is 51.1 Å². The zero-order valence-electron chi connectivity index (χ0n) is 14.5. The minimum Gasteiger partial charge on any atom is -0.479 e. The van der Waals surface area contributed by atoms with Crippen LogP contribution in [0.3, 0.4) is 0 Å². The Morgan fingerprint density at radius 2 is 1.92 bits per heavy atom. The minimum absolute atomic E-state index is 0.127. The largest absolute Gasteiger partial charge is 0.479 e. The van der Waals surface area contributed by atoms with Crippen LogP contribution in [0.2, 0.25) is 0 Å². The van der Waals surface area contributed by atoms with Gasteiger partial charge in [-0.25, -0.2) is 9.59 Å². The van der Waals surface area contributed by atoms with Crippen molar-refractivity contribution in [2.45, 2.75) is 52.2 Å². The number of amides is 1. The number of ether oxygens (including phenoxy) is 1. The van der Waals surface area contributed by atoms with Crippen molar-refractivity contribution in [3.63, 3.8) is 0 Å². The van der Waals surface area contributed by atoms with Crippen LogP contribution in [0.4, 0.5) is 4.79 Å². The molecule has 0 saturated heterocycles. The quantitative estimate of drug-likeness (QED) is 0.884. The van der Waals surface area contributed by atoms with Gasteiger partial charge < -0.3 is 15.2 Å². The molecule has 1 aromatic carbocycles. The molecule has 1 aromatic rings. The van der Waals surface area contributed by atoms with E-state index in [1.54, 1.807) is 0 Å². The van der Waals surface area contributed by atoms with E-state index in [0.717, 1.165) is 18.4 Å². The molecule has 5 nitrogen and oxygen atoms in total. The Morgan fingerprint density at radius 3 is 2.42 bits per heavy atom. The number of hydrogen-bond acceptors (Lipinski definition) is 3. The Labute approximate surface area is 142 Å². The molecular formula is C19H25NO4. The van der Waals surface area contributed by atoms with Crippen molar-refractivity contribution in [3.05, 3.63) is 35.9 Å². The molecule has 130 valence electrons. The van der Waals surface area contributed by atoms with E-state index in [-0.39, 0.29) is 12.0 Å². The predicted molar refractivity (Wildman–Crippen MR) is 89.4 cm³/mol. The van der Waals surface area contributed by atoms with Crippen molar-refractivity contribution in [2.24, 2.45) is 16.7 Å². The summed E-state index contributed by atoms with van der Waals surface area (Å²) in [6, 6.07) is 9.36. The van der Waals surface area contributed by atoms with Gasteiger partial charge in [0, 0.05) is 5.41 Å². The third-order valence-corrected chi connectivity index (χ3v) is 6.82. The maximum Gasteiger partial charge on any atom is 0.408 e. The van der Waals surface area contributed by atoms with Crippen LogP contribution < -0.4 is 5.32 Å². The highest BCUT2D eigenvalue weighted by atomic mass is 16.5. The first-order chi connectivity index (χ1) is 11.2.